The van der Waals surface area contributed by atoms with Gasteiger partial charge in [0.15, 0.2) is 0 Å². The van der Waals surface area contributed by atoms with Crippen molar-refractivity contribution in [2.45, 2.75) is 39.0 Å². The first-order valence-electron chi connectivity index (χ1n) is 5.39. The van der Waals surface area contributed by atoms with Crippen molar-refractivity contribution in [2.24, 2.45) is 0 Å². The highest BCUT2D eigenvalue weighted by Crippen LogP contribution is 2.22. The Morgan fingerprint density at radius 2 is 1.67 bits per heavy atom. The standard InChI is InChI=1S/C13H18O2/c1-4-9(2)11-5-7-12(8-6-11)10(3)13(14)15/h5-10H,4H2,1-3H3,(H,14,15)/t9-,10+/m0/s1. The van der Waals surface area contributed by atoms with Crippen molar-refractivity contribution in [3.63, 3.8) is 0 Å². The fourth-order valence-corrected chi connectivity index (χ4v) is 1.49. The molecular formula is C13H18O2. The van der Waals surface area contributed by atoms with E-state index in [1.54, 1.807) is 6.92 Å². The zero-order chi connectivity index (χ0) is 11.4. The molecule has 0 aliphatic heterocycles. The Morgan fingerprint density at radius 1 is 1.20 bits per heavy atom. The van der Waals surface area contributed by atoms with E-state index >= 15 is 0 Å². The monoisotopic (exact) mass is 206 g/mol. The normalized spacial score (nSPS) is 14.6. The molecule has 1 aromatic rings. The quantitative estimate of drug-likeness (QED) is 0.819. The molecule has 2 atom stereocenters. The average Bonchev–Trinajstić information content (AvgIpc) is 2.27. The van der Waals surface area contributed by atoms with Crippen LogP contribution in [0.2, 0.25) is 0 Å². The Balaban J connectivity index is 2.85. The summed E-state index contributed by atoms with van der Waals surface area (Å²) in [4.78, 5) is 10.8. The first-order chi connectivity index (χ1) is 7.06. The van der Waals surface area contributed by atoms with Gasteiger partial charge in [-0.1, -0.05) is 38.1 Å². The molecule has 2 heteroatoms. The maximum Gasteiger partial charge on any atom is 0.310 e. The second kappa shape index (κ2) is 4.96. The van der Waals surface area contributed by atoms with Crippen LogP contribution in [-0.2, 0) is 4.79 Å². The van der Waals surface area contributed by atoms with Crippen LogP contribution in [0.5, 0.6) is 0 Å². The van der Waals surface area contributed by atoms with E-state index in [1.807, 2.05) is 24.3 Å². The van der Waals surface area contributed by atoms with Gasteiger partial charge in [0.2, 0.25) is 0 Å². The molecular weight excluding hydrogens is 188 g/mol. The van der Waals surface area contributed by atoms with E-state index in [9.17, 15) is 4.79 Å². The van der Waals surface area contributed by atoms with Crippen LogP contribution in [0.4, 0.5) is 0 Å². The van der Waals surface area contributed by atoms with Gasteiger partial charge in [-0.2, -0.15) is 0 Å². The van der Waals surface area contributed by atoms with Crippen molar-refractivity contribution in [3.05, 3.63) is 35.4 Å². The van der Waals surface area contributed by atoms with Crippen LogP contribution >= 0.6 is 0 Å². The topological polar surface area (TPSA) is 37.3 Å². The number of carbonyl (C=O) groups is 1. The fourth-order valence-electron chi connectivity index (χ4n) is 1.49. The van der Waals surface area contributed by atoms with Crippen LogP contribution in [0.1, 0.15) is 50.2 Å². The van der Waals surface area contributed by atoms with E-state index in [1.165, 1.54) is 5.56 Å². The molecule has 0 aliphatic carbocycles. The molecule has 0 radical (unpaired) electrons. The molecule has 0 bridgehead atoms. The molecule has 1 rings (SSSR count). The van der Waals surface area contributed by atoms with Crippen molar-refractivity contribution >= 4 is 5.97 Å². The van der Waals surface area contributed by atoms with Crippen LogP contribution in [0.25, 0.3) is 0 Å². The van der Waals surface area contributed by atoms with Crippen molar-refractivity contribution in [2.75, 3.05) is 0 Å². The largest absolute Gasteiger partial charge is 0.481 e. The van der Waals surface area contributed by atoms with Gasteiger partial charge < -0.3 is 5.11 Å². The highest BCUT2D eigenvalue weighted by molar-refractivity contribution is 5.75. The lowest BCUT2D eigenvalue weighted by Crippen LogP contribution is -2.07. The van der Waals surface area contributed by atoms with E-state index in [2.05, 4.69) is 13.8 Å². The predicted molar refractivity (Wildman–Crippen MR) is 61.2 cm³/mol. The lowest BCUT2D eigenvalue weighted by Gasteiger charge is -2.11. The Hall–Kier alpha value is -1.31. The van der Waals surface area contributed by atoms with Gasteiger partial charge in [-0.15, -0.1) is 0 Å². The molecule has 15 heavy (non-hydrogen) atoms. The second-order valence-electron chi connectivity index (χ2n) is 4.04. The lowest BCUT2D eigenvalue weighted by atomic mass is 9.94. The van der Waals surface area contributed by atoms with Gasteiger partial charge in [-0.3, -0.25) is 4.79 Å². The van der Waals surface area contributed by atoms with Gasteiger partial charge in [0.25, 0.3) is 0 Å². The molecule has 0 heterocycles. The Labute approximate surface area is 90.9 Å². The van der Waals surface area contributed by atoms with Gasteiger partial charge in [0.05, 0.1) is 5.92 Å². The highest BCUT2D eigenvalue weighted by Gasteiger charge is 2.13. The minimum absolute atomic E-state index is 0.420. The maximum atomic E-state index is 10.8. The summed E-state index contributed by atoms with van der Waals surface area (Å²) in [5.41, 5.74) is 2.15. The Morgan fingerprint density at radius 3 is 2.07 bits per heavy atom. The third-order valence-electron chi connectivity index (χ3n) is 2.99. The number of hydrogen-bond donors (Lipinski definition) is 1. The van der Waals surface area contributed by atoms with Crippen LogP contribution < -0.4 is 0 Å². The first-order valence-corrected chi connectivity index (χ1v) is 5.39. The summed E-state index contributed by atoms with van der Waals surface area (Å²) in [6.07, 6.45) is 1.10. The lowest BCUT2D eigenvalue weighted by molar-refractivity contribution is -0.138. The van der Waals surface area contributed by atoms with E-state index in [0.717, 1.165) is 12.0 Å². The van der Waals surface area contributed by atoms with E-state index in [0.29, 0.717) is 5.92 Å². The van der Waals surface area contributed by atoms with Crippen LogP contribution in [0.3, 0.4) is 0 Å². The SMILES string of the molecule is CC[C@H](C)c1ccc([C@@H](C)C(=O)O)cc1. The van der Waals surface area contributed by atoms with E-state index < -0.39 is 11.9 Å². The molecule has 0 fully saturated rings. The summed E-state index contributed by atoms with van der Waals surface area (Å²) < 4.78 is 0. The molecule has 82 valence electrons. The van der Waals surface area contributed by atoms with Crippen molar-refractivity contribution in [1.29, 1.82) is 0 Å². The van der Waals surface area contributed by atoms with Gasteiger partial charge >= 0.3 is 5.97 Å². The molecule has 0 saturated heterocycles. The van der Waals surface area contributed by atoms with Crippen LogP contribution in [0.15, 0.2) is 24.3 Å². The average molecular weight is 206 g/mol. The molecule has 0 saturated carbocycles. The minimum Gasteiger partial charge on any atom is -0.481 e. The second-order valence-corrected chi connectivity index (χ2v) is 4.04. The molecule has 0 aliphatic rings. The summed E-state index contributed by atoms with van der Waals surface area (Å²) in [7, 11) is 0. The number of hydrogen-bond acceptors (Lipinski definition) is 1. The predicted octanol–water partition coefficient (Wildman–Crippen LogP) is 3.39. The molecule has 2 nitrogen and oxygen atoms in total. The van der Waals surface area contributed by atoms with Crippen LogP contribution in [0, 0.1) is 0 Å². The number of rotatable bonds is 4. The van der Waals surface area contributed by atoms with Crippen molar-refractivity contribution in [3.8, 4) is 0 Å². The zero-order valence-corrected chi connectivity index (χ0v) is 9.53. The minimum atomic E-state index is -0.772. The van der Waals surface area contributed by atoms with Gasteiger partial charge in [-0.25, -0.2) is 0 Å². The molecule has 0 aromatic heterocycles. The zero-order valence-electron chi connectivity index (χ0n) is 9.53. The Kier molecular flexibility index (Phi) is 3.89. The maximum absolute atomic E-state index is 10.8. The van der Waals surface area contributed by atoms with Gasteiger partial charge in [0.1, 0.15) is 0 Å². The summed E-state index contributed by atoms with van der Waals surface area (Å²) in [5.74, 6) is -0.651. The highest BCUT2D eigenvalue weighted by atomic mass is 16.4. The summed E-state index contributed by atoms with van der Waals surface area (Å²) in [6.45, 7) is 6.04. The third-order valence-corrected chi connectivity index (χ3v) is 2.99. The smallest absolute Gasteiger partial charge is 0.310 e. The molecule has 0 spiro atoms. The van der Waals surface area contributed by atoms with Crippen molar-refractivity contribution < 1.29 is 9.90 Å². The molecule has 0 unspecified atom stereocenters. The summed E-state index contributed by atoms with van der Waals surface area (Å²) in [6, 6.07) is 7.90. The Bertz CT molecular complexity index is 327. The third kappa shape index (κ3) is 2.82. The van der Waals surface area contributed by atoms with E-state index in [-0.39, 0.29) is 0 Å². The van der Waals surface area contributed by atoms with Gasteiger partial charge in [-0.05, 0) is 30.4 Å². The number of carboxylic acids is 1. The summed E-state index contributed by atoms with van der Waals surface area (Å²) in [5, 5.41) is 8.86. The molecule has 1 N–H and O–H groups in total. The molecule has 1 aromatic carbocycles. The van der Waals surface area contributed by atoms with Crippen LogP contribution in [-0.4, -0.2) is 11.1 Å². The van der Waals surface area contributed by atoms with Gasteiger partial charge in [0, 0.05) is 0 Å². The number of aliphatic carboxylic acids is 1. The summed E-state index contributed by atoms with van der Waals surface area (Å²) >= 11 is 0. The molecule has 0 amide bonds. The number of carboxylic acid groups (broad SMARTS) is 1. The first kappa shape index (κ1) is 11.8. The van der Waals surface area contributed by atoms with E-state index in [4.69, 9.17) is 5.11 Å². The van der Waals surface area contributed by atoms with Crippen molar-refractivity contribution in [1.82, 2.24) is 0 Å². The number of benzene rings is 1. The fraction of sp³-hybridized carbons (Fsp3) is 0.462.